The second-order valence-corrected chi connectivity index (χ2v) is 9.16. The number of benzene rings is 1. The molecule has 0 bridgehead atoms. The minimum atomic E-state index is -3.65. The minimum absolute atomic E-state index is 0.225. The van der Waals surface area contributed by atoms with Crippen LogP contribution in [0.25, 0.3) is 0 Å². The average molecular weight is 360 g/mol. The summed E-state index contributed by atoms with van der Waals surface area (Å²) in [4.78, 5) is 0.987. The van der Waals surface area contributed by atoms with Gasteiger partial charge in [-0.05, 0) is 37.1 Å². The van der Waals surface area contributed by atoms with Gasteiger partial charge >= 0.3 is 0 Å². The van der Waals surface area contributed by atoms with E-state index < -0.39 is 10.0 Å². The third-order valence-electron chi connectivity index (χ3n) is 4.10. The van der Waals surface area contributed by atoms with E-state index in [4.69, 9.17) is 0 Å². The van der Waals surface area contributed by atoms with Gasteiger partial charge in [0.05, 0.1) is 30.7 Å². The summed E-state index contributed by atoms with van der Waals surface area (Å²) in [6.07, 6.45) is 1.63. The molecule has 0 N–H and O–H groups in total. The molecule has 0 spiro atoms. The number of hydrogen-bond acceptors (Lipinski definition) is 5. The summed E-state index contributed by atoms with van der Waals surface area (Å²) in [7, 11) is -3.65. The maximum Gasteiger partial charge on any atom is 0.274 e. The van der Waals surface area contributed by atoms with Crippen molar-refractivity contribution in [2.45, 2.75) is 31.1 Å². The first-order valence-electron chi connectivity index (χ1n) is 7.52. The van der Waals surface area contributed by atoms with Crippen molar-refractivity contribution in [3.05, 3.63) is 58.2 Å². The Labute approximate surface area is 144 Å². The van der Waals surface area contributed by atoms with Crippen LogP contribution < -0.4 is 4.31 Å². The average Bonchev–Trinajstić information content (AvgIpc) is 3.08. The lowest BCUT2D eigenvalue weighted by atomic mass is 10.2. The summed E-state index contributed by atoms with van der Waals surface area (Å²) in [6.45, 7) is 4.50. The number of hydrogen-bond donors (Lipinski definition) is 0. The maximum absolute atomic E-state index is 13.4. The zero-order valence-corrected chi connectivity index (χ0v) is 14.9. The zero-order valence-electron chi connectivity index (χ0n) is 13.3. The van der Waals surface area contributed by atoms with Crippen molar-refractivity contribution in [1.82, 2.24) is 15.0 Å². The number of aromatic nitrogens is 3. The molecule has 1 aromatic carbocycles. The van der Waals surface area contributed by atoms with Gasteiger partial charge in [0.25, 0.3) is 10.0 Å². The largest absolute Gasteiger partial charge is 0.274 e. The number of para-hydroxylation sites is 1. The monoisotopic (exact) mass is 360 g/mol. The van der Waals surface area contributed by atoms with Crippen molar-refractivity contribution in [3.63, 3.8) is 0 Å². The van der Waals surface area contributed by atoms with E-state index in [9.17, 15) is 8.42 Å². The van der Waals surface area contributed by atoms with Crippen LogP contribution in [0.3, 0.4) is 0 Å². The number of rotatable bonds is 2. The Kier molecular flexibility index (Phi) is 3.47. The van der Waals surface area contributed by atoms with Gasteiger partial charge in [0.1, 0.15) is 4.21 Å². The summed E-state index contributed by atoms with van der Waals surface area (Å²) in [5, 5.41) is 8.00. The number of nitrogens with zero attached hydrogens (tertiary/aromatic N) is 4. The molecule has 0 unspecified atom stereocenters. The minimum Gasteiger partial charge on any atom is -0.259 e. The van der Waals surface area contributed by atoms with Crippen LogP contribution in [0.4, 0.5) is 5.69 Å². The topological polar surface area (TPSA) is 68.1 Å². The molecule has 24 heavy (non-hydrogen) atoms. The summed E-state index contributed by atoms with van der Waals surface area (Å²) in [6, 6.07) is 9.46. The summed E-state index contributed by atoms with van der Waals surface area (Å²) < 4.78 is 30.3. The maximum atomic E-state index is 13.4. The lowest BCUT2D eigenvalue weighted by molar-refractivity contribution is 0.589. The van der Waals surface area contributed by atoms with E-state index in [0.29, 0.717) is 16.4 Å². The Balaban J connectivity index is 1.92. The SMILES string of the molecule is Cc1cc(C)c(S(=O)(=O)N2Cc3cnnn3Cc3ccccc32)s1. The Morgan fingerprint density at radius 2 is 1.96 bits per heavy atom. The molecule has 0 amide bonds. The van der Waals surface area contributed by atoms with Gasteiger partial charge in [-0.25, -0.2) is 13.1 Å². The highest BCUT2D eigenvalue weighted by molar-refractivity contribution is 7.94. The number of thiophene rings is 1. The Bertz CT molecular complexity index is 1020. The molecule has 124 valence electrons. The van der Waals surface area contributed by atoms with Gasteiger partial charge in [-0.15, -0.1) is 16.4 Å². The fourth-order valence-electron chi connectivity index (χ4n) is 3.01. The molecule has 1 aliphatic rings. The van der Waals surface area contributed by atoms with Crippen molar-refractivity contribution in [2.75, 3.05) is 4.31 Å². The molecule has 0 saturated heterocycles. The van der Waals surface area contributed by atoms with E-state index in [-0.39, 0.29) is 6.54 Å². The molecule has 6 nitrogen and oxygen atoms in total. The predicted octanol–water partition coefficient (Wildman–Crippen LogP) is 2.71. The highest BCUT2D eigenvalue weighted by Gasteiger charge is 2.32. The van der Waals surface area contributed by atoms with Crippen molar-refractivity contribution in [2.24, 2.45) is 0 Å². The third-order valence-corrected chi connectivity index (χ3v) is 7.63. The van der Waals surface area contributed by atoms with Gasteiger partial charge in [-0.1, -0.05) is 23.4 Å². The van der Waals surface area contributed by atoms with E-state index in [1.807, 2.05) is 44.2 Å². The molecule has 8 heteroatoms. The van der Waals surface area contributed by atoms with Crippen LogP contribution in [0.5, 0.6) is 0 Å². The Morgan fingerprint density at radius 1 is 1.17 bits per heavy atom. The molecule has 1 aliphatic heterocycles. The molecule has 3 aromatic rings. The van der Waals surface area contributed by atoms with Gasteiger partial charge in [0, 0.05) is 4.88 Å². The molecular weight excluding hydrogens is 344 g/mol. The first kappa shape index (κ1) is 15.3. The number of sulfonamides is 1. The van der Waals surface area contributed by atoms with Crippen LogP contribution in [-0.4, -0.2) is 23.4 Å². The van der Waals surface area contributed by atoms with E-state index in [0.717, 1.165) is 21.7 Å². The molecule has 0 aliphatic carbocycles. The highest BCUT2D eigenvalue weighted by Crippen LogP contribution is 2.35. The fourth-order valence-corrected chi connectivity index (χ4v) is 6.25. The van der Waals surface area contributed by atoms with E-state index in [1.54, 1.807) is 10.9 Å². The molecule has 0 fully saturated rings. The highest BCUT2D eigenvalue weighted by atomic mass is 32.2. The van der Waals surface area contributed by atoms with Gasteiger partial charge in [-0.2, -0.15) is 0 Å². The second-order valence-electron chi connectivity index (χ2n) is 5.85. The van der Waals surface area contributed by atoms with E-state index in [1.165, 1.54) is 15.6 Å². The van der Waals surface area contributed by atoms with E-state index in [2.05, 4.69) is 10.3 Å². The summed E-state index contributed by atoms with van der Waals surface area (Å²) >= 11 is 1.31. The Morgan fingerprint density at radius 3 is 2.71 bits per heavy atom. The molecular formula is C16H16N4O2S2. The molecule has 4 rings (SSSR count). The van der Waals surface area contributed by atoms with Gasteiger partial charge in [0.2, 0.25) is 0 Å². The van der Waals surface area contributed by atoms with Crippen LogP contribution >= 0.6 is 11.3 Å². The fraction of sp³-hybridized carbons (Fsp3) is 0.250. The standard InChI is InChI=1S/C16H16N4O2S2/c1-11-7-12(2)23-16(11)24(21,22)20-10-14-8-17-18-19(14)9-13-5-3-4-6-15(13)20/h3-8H,9-10H2,1-2H3. The Hall–Kier alpha value is -2.19. The molecule has 3 heterocycles. The van der Waals surface area contributed by atoms with Gasteiger partial charge < -0.3 is 0 Å². The molecule has 0 radical (unpaired) electrons. The lowest BCUT2D eigenvalue weighted by Gasteiger charge is -2.23. The zero-order chi connectivity index (χ0) is 16.9. The summed E-state index contributed by atoms with van der Waals surface area (Å²) in [5.41, 5.74) is 3.18. The van der Waals surface area contributed by atoms with E-state index >= 15 is 0 Å². The van der Waals surface area contributed by atoms with Crippen molar-refractivity contribution in [1.29, 1.82) is 0 Å². The third kappa shape index (κ3) is 2.33. The predicted molar refractivity (Wildman–Crippen MR) is 92.7 cm³/mol. The normalized spacial score (nSPS) is 14.2. The number of aryl methyl sites for hydroxylation is 2. The van der Waals surface area contributed by atoms with Crippen molar-refractivity contribution >= 4 is 27.0 Å². The van der Waals surface area contributed by atoms with Crippen LogP contribution in [0.1, 0.15) is 21.7 Å². The second kappa shape index (κ2) is 5.42. The molecule has 0 saturated carbocycles. The van der Waals surface area contributed by atoms with Crippen LogP contribution in [-0.2, 0) is 23.1 Å². The van der Waals surface area contributed by atoms with Crippen molar-refractivity contribution < 1.29 is 8.42 Å². The molecule has 2 aromatic heterocycles. The lowest BCUT2D eigenvalue weighted by Crippen LogP contribution is -2.30. The molecule has 0 atom stereocenters. The number of fused-ring (bicyclic) bond motifs is 2. The van der Waals surface area contributed by atoms with Crippen LogP contribution in [0.2, 0.25) is 0 Å². The quantitative estimate of drug-likeness (QED) is 0.705. The van der Waals surface area contributed by atoms with Crippen LogP contribution in [0, 0.1) is 13.8 Å². The van der Waals surface area contributed by atoms with Gasteiger partial charge in [-0.3, -0.25) is 4.31 Å². The first-order valence-corrected chi connectivity index (χ1v) is 9.77. The van der Waals surface area contributed by atoms with Crippen molar-refractivity contribution in [3.8, 4) is 0 Å². The first-order chi connectivity index (χ1) is 11.5. The number of anilines is 1. The summed E-state index contributed by atoms with van der Waals surface area (Å²) in [5.74, 6) is 0. The van der Waals surface area contributed by atoms with Crippen LogP contribution in [0.15, 0.2) is 40.7 Å². The smallest absolute Gasteiger partial charge is 0.259 e. The van der Waals surface area contributed by atoms with Gasteiger partial charge in [0.15, 0.2) is 0 Å².